The molecule has 1 aliphatic carbocycles. The molecule has 0 spiro atoms. The maximum absolute atomic E-state index is 5.74. The number of anilines is 1. The van der Waals surface area contributed by atoms with Gasteiger partial charge in [-0.1, -0.05) is 0 Å². The average molecular weight is 220 g/mol. The van der Waals surface area contributed by atoms with Gasteiger partial charge in [-0.05, 0) is 56.0 Å². The van der Waals surface area contributed by atoms with E-state index in [0.29, 0.717) is 12.0 Å². The lowest BCUT2D eigenvalue weighted by atomic mass is 10.1. The third-order valence-corrected chi connectivity index (χ3v) is 3.22. The van der Waals surface area contributed by atoms with Gasteiger partial charge < -0.3 is 15.8 Å². The van der Waals surface area contributed by atoms with E-state index in [-0.39, 0.29) is 0 Å². The molecule has 0 aromatic heterocycles. The summed E-state index contributed by atoms with van der Waals surface area (Å²) in [6.07, 6.45) is 2.51. The normalized spacial score (nSPS) is 16.9. The molecule has 3 N–H and O–H groups in total. The number of rotatable bonds is 6. The lowest BCUT2D eigenvalue weighted by Crippen LogP contribution is -2.24. The second-order valence-electron chi connectivity index (χ2n) is 4.52. The number of nitrogens with two attached hydrogens (primary N) is 1. The van der Waals surface area contributed by atoms with E-state index >= 15 is 0 Å². The third kappa shape index (κ3) is 2.67. The van der Waals surface area contributed by atoms with Gasteiger partial charge in [0.1, 0.15) is 5.75 Å². The number of ether oxygens (including phenoxy) is 1. The van der Waals surface area contributed by atoms with Crippen LogP contribution in [0.3, 0.4) is 0 Å². The Kier molecular flexibility index (Phi) is 3.34. The van der Waals surface area contributed by atoms with E-state index in [9.17, 15) is 0 Å². The van der Waals surface area contributed by atoms with Gasteiger partial charge in [-0.25, -0.2) is 0 Å². The average Bonchev–Trinajstić information content (AvgIpc) is 3.09. The van der Waals surface area contributed by atoms with Crippen molar-refractivity contribution in [1.82, 2.24) is 0 Å². The number of hydrogen-bond acceptors (Lipinski definition) is 3. The molecular weight excluding hydrogens is 200 g/mol. The van der Waals surface area contributed by atoms with Crippen LogP contribution in [-0.4, -0.2) is 19.7 Å². The maximum Gasteiger partial charge on any atom is 0.119 e. The Morgan fingerprint density at radius 1 is 1.31 bits per heavy atom. The molecule has 1 aromatic carbocycles. The molecule has 0 atom stereocenters. The van der Waals surface area contributed by atoms with Gasteiger partial charge in [-0.15, -0.1) is 0 Å². The Morgan fingerprint density at radius 2 is 2.00 bits per heavy atom. The zero-order chi connectivity index (χ0) is 11.4. The van der Waals surface area contributed by atoms with Crippen LogP contribution in [-0.2, 0) is 0 Å². The molecule has 0 saturated heterocycles. The summed E-state index contributed by atoms with van der Waals surface area (Å²) >= 11 is 0. The molecule has 0 aliphatic heterocycles. The molecule has 3 heteroatoms. The SMILES string of the molecule is CCOc1ccc(NCC2(CN)CC2)cc1. The zero-order valence-corrected chi connectivity index (χ0v) is 9.83. The van der Waals surface area contributed by atoms with Crippen molar-refractivity contribution < 1.29 is 4.74 Å². The number of hydrogen-bond donors (Lipinski definition) is 2. The largest absolute Gasteiger partial charge is 0.494 e. The Morgan fingerprint density at radius 3 is 2.50 bits per heavy atom. The first-order valence-electron chi connectivity index (χ1n) is 5.95. The summed E-state index contributed by atoms with van der Waals surface area (Å²) in [5.74, 6) is 0.924. The fourth-order valence-corrected chi connectivity index (χ4v) is 1.76. The van der Waals surface area contributed by atoms with Crippen LogP contribution in [0.2, 0.25) is 0 Å². The topological polar surface area (TPSA) is 47.3 Å². The molecule has 2 rings (SSSR count). The Labute approximate surface area is 97.0 Å². The molecular formula is C13H20N2O. The van der Waals surface area contributed by atoms with Crippen LogP contribution in [0, 0.1) is 5.41 Å². The van der Waals surface area contributed by atoms with Gasteiger partial charge >= 0.3 is 0 Å². The van der Waals surface area contributed by atoms with Crippen molar-refractivity contribution >= 4 is 5.69 Å². The first kappa shape index (κ1) is 11.3. The van der Waals surface area contributed by atoms with Crippen molar-refractivity contribution in [2.75, 3.05) is 25.0 Å². The van der Waals surface area contributed by atoms with Gasteiger partial charge in [0.25, 0.3) is 0 Å². The molecule has 1 saturated carbocycles. The quantitative estimate of drug-likeness (QED) is 0.773. The second kappa shape index (κ2) is 4.74. The van der Waals surface area contributed by atoms with Gasteiger partial charge in [-0.3, -0.25) is 0 Å². The minimum atomic E-state index is 0.374. The number of benzene rings is 1. The van der Waals surface area contributed by atoms with E-state index in [1.165, 1.54) is 12.8 Å². The maximum atomic E-state index is 5.74. The molecule has 0 radical (unpaired) electrons. The summed E-state index contributed by atoms with van der Waals surface area (Å²) in [6.45, 7) is 4.47. The highest BCUT2D eigenvalue weighted by Gasteiger charge is 2.40. The first-order chi connectivity index (χ1) is 7.78. The van der Waals surface area contributed by atoms with Gasteiger partial charge in [0, 0.05) is 12.2 Å². The van der Waals surface area contributed by atoms with Gasteiger partial charge in [0.2, 0.25) is 0 Å². The lowest BCUT2D eigenvalue weighted by Gasteiger charge is -2.14. The fraction of sp³-hybridized carbons (Fsp3) is 0.538. The summed E-state index contributed by atoms with van der Waals surface area (Å²) < 4.78 is 5.39. The fourth-order valence-electron chi connectivity index (χ4n) is 1.76. The Hall–Kier alpha value is -1.22. The van der Waals surface area contributed by atoms with Crippen LogP contribution in [0.5, 0.6) is 5.75 Å². The van der Waals surface area contributed by atoms with E-state index in [0.717, 1.165) is 24.5 Å². The van der Waals surface area contributed by atoms with Crippen molar-refractivity contribution in [3.8, 4) is 5.75 Å². The summed E-state index contributed by atoms with van der Waals surface area (Å²) in [6, 6.07) is 8.09. The molecule has 0 heterocycles. The first-order valence-corrected chi connectivity index (χ1v) is 5.95. The molecule has 16 heavy (non-hydrogen) atoms. The van der Waals surface area contributed by atoms with E-state index in [1.54, 1.807) is 0 Å². The summed E-state index contributed by atoms with van der Waals surface area (Å²) in [5, 5.41) is 3.43. The molecule has 1 aromatic rings. The van der Waals surface area contributed by atoms with E-state index in [4.69, 9.17) is 10.5 Å². The van der Waals surface area contributed by atoms with Crippen LogP contribution in [0.4, 0.5) is 5.69 Å². The van der Waals surface area contributed by atoms with Crippen molar-refractivity contribution in [3.05, 3.63) is 24.3 Å². The number of nitrogens with one attached hydrogen (secondary N) is 1. The van der Waals surface area contributed by atoms with E-state index < -0.39 is 0 Å². The smallest absolute Gasteiger partial charge is 0.119 e. The van der Waals surface area contributed by atoms with Crippen molar-refractivity contribution in [2.45, 2.75) is 19.8 Å². The summed E-state index contributed by atoms with van der Waals surface area (Å²) in [4.78, 5) is 0. The molecule has 88 valence electrons. The van der Waals surface area contributed by atoms with E-state index in [1.807, 2.05) is 19.1 Å². The molecule has 3 nitrogen and oxygen atoms in total. The van der Waals surface area contributed by atoms with Gasteiger partial charge in [-0.2, -0.15) is 0 Å². The standard InChI is InChI=1S/C13H20N2O/c1-2-16-12-5-3-11(4-6-12)15-10-13(9-14)7-8-13/h3-6,15H,2,7-10,14H2,1H3. The predicted molar refractivity (Wildman–Crippen MR) is 66.8 cm³/mol. The van der Waals surface area contributed by atoms with Crippen LogP contribution in [0.15, 0.2) is 24.3 Å². The van der Waals surface area contributed by atoms with Crippen LogP contribution in [0.1, 0.15) is 19.8 Å². The summed E-state index contributed by atoms with van der Waals surface area (Å²) in [7, 11) is 0. The highest BCUT2D eigenvalue weighted by Crippen LogP contribution is 2.44. The lowest BCUT2D eigenvalue weighted by molar-refractivity contribution is 0.340. The Balaban J connectivity index is 1.85. The molecule has 1 aliphatic rings. The van der Waals surface area contributed by atoms with E-state index in [2.05, 4.69) is 17.4 Å². The predicted octanol–water partition coefficient (Wildman–Crippen LogP) is 2.24. The molecule has 0 unspecified atom stereocenters. The van der Waals surface area contributed by atoms with Crippen LogP contribution < -0.4 is 15.8 Å². The Bertz CT molecular complexity index is 330. The highest BCUT2D eigenvalue weighted by molar-refractivity contribution is 5.46. The second-order valence-corrected chi connectivity index (χ2v) is 4.52. The summed E-state index contributed by atoms with van der Waals surface area (Å²) in [5.41, 5.74) is 7.25. The van der Waals surface area contributed by atoms with Crippen molar-refractivity contribution in [3.63, 3.8) is 0 Å². The highest BCUT2D eigenvalue weighted by atomic mass is 16.5. The van der Waals surface area contributed by atoms with Crippen LogP contribution >= 0.6 is 0 Å². The van der Waals surface area contributed by atoms with Crippen LogP contribution in [0.25, 0.3) is 0 Å². The van der Waals surface area contributed by atoms with Gasteiger partial charge in [0.15, 0.2) is 0 Å². The molecule has 0 amide bonds. The van der Waals surface area contributed by atoms with Crippen molar-refractivity contribution in [2.24, 2.45) is 11.1 Å². The van der Waals surface area contributed by atoms with Crippen molar-refractivity contribution in [1.29, 1.82) is 0 Å². The monoisotopic (exact) mass is 220 g/mol. The minimum Gasteiger partial charge on any atom is -0.494 e. The third-order valence-electron chi connectivity index (χ3n) is 3.22. The zero-order valence-electron chi connectivity index (χ0n) is 9.83. The molecule has 0 bridgehead atoms. The van der Waals surface area contributed by atoms with Gasteiger partial charge in [0.05, 0.1) is 6.61 Å². The minimum absolute atomic E-state index is 0.374. The molecule has 1 fully saturated rings.